The molecule has 92 valence electrons. The lowest BCUT2D eigenvalue weighted by Crippen LogP contribution is -2.37. The van der Waals surface area contributed by atoms with Crippen LogP contribution in [0.25, 0.3) is 0 Å². The zero-order chi connectivity index (χ0) is 12.4. The van der Waals surface area contributed by atoms with Gasteiger partial charge in [0, 0.05) is 40.4 Å². The van der Waals surface area contributed by atoms with Gasteiger partial charge in [0.2, 0.25) is 0 Å². The Labute approximate surface area is 117 Å². The molecule has 1 saturated heterocycles. The molecule has 0 aliphatic carbocycles. The summed E-state index contributed by atoms with van der Waals surface area (Å²) in [5.41, 5.74) is 7.75. The Morgan fingerprint density at radius 2 is 2.35 bits per heavy atom. The van der Waals surface area contributed by atoms with Gasteiger partial charge in [0.15, 0.2) is 0 Å². The van der Waals surface area contributed by atoms with Crippen LogP contribution in [0.5, 0.6) is 0 Å². The van der Waals surface area contributed by atoms with Gasteiger partial charge in [0.1, 0.15) is 4.99 Å². The standard InChI is InChI=1S/C12H15ClN2S2/c1-8-7-15(4-5-17-8)11-3-2-9(13)6-10(11)12(14)16/h2-3,6,8H,4-5,7H2,1H3,(H2,14,16). The van der Waals surface area contributed by atoms with E-state index in [9.17, 15) is 0 Å². The zero-order valence-corrected chi connectivity index (χ0v) is 12.0. The highest BCUT2D eigenvalue weighted by Crippen LogP contribution is 2.28. The molecule has 1 aliphatic heterocycles. The van der Waals surface area contributed by atoms with Crippen LogP contribution in [0.2, 0.25) is 5.02 Å². The van der Waals surface area contributed by atoms with Crippen LogP contribution in [0.3, 0.4) is 0 Å². The van der Waals surface area contributed by atoms with Crippen molar-refractivity contribution >= 4 is 46.3 Å². The van der Waals surface area contributed by atoms with Crippen molar-refractivity contribution in [1.29, 1.82) is 0 Å². The molecule has 2 nitrogen and oxygen atoms in total. The van der Waals surface area contributed by atoms with Crippen LogP contribution in [-0.2, 0) is 0 Å². The fraction of sp³-hybridized carbons (Fsp3) is 0.417. The maximum atomic E-state index is 5.99. The summed E-state index contributed by atoms with van der Waals surface area (Å²) >= 11 is 13.1. The van der Waals surface area contributed by atoms with Crippen molar-refractivity contribution in [3.8, 4) is 0 Å². The Bertz CT molecular complexity index is 437. The Kier molecular flexibility index (Phi) is 4.17. The van der Waals surface area contributed by atoms with Crippen molar-refractivity contribution in [2.45, 2.75) is 12.2 Å². The molecule has 0 amide bonds. The van der Waals surface area contributed by atoms with E-state index in [1.54, 1.807) is 0 Å². The third kappa shape index (κ3) is 3.06. The third-order valence-electron chi connectivity index (χ3n) is 2.81. The number of thiocarbonyl (C=S) groups is 1. The minimum Gasteiger partial charge on any atom is -0.389 e. The Morgan fingerprint density at radius 3 is 3.00 bits per heavy atom. The summed E-state index contributed by atoms with van der Waals surface area (Å²) in [5, 5.41) is 1.31. The van der Waals surface area contributed by atoms with Crippen molar-refractivity contribution in [3.05, 3.63) is 28.8 Å². The first-order valence-electron chi connectivity index (χ1n) is 5.54. The van der Waals surface area contributed by atoms with Gasteiger partial charge < -0.3 is 10.6 Å². The number of halogens is 1. The van der Waals surface area contributed by atoms with Crippen LogP contribution in [-0.4, -0.2) is 29.1 Å². The molecule has 1 fully saturated rings. The summed E-state index contributed by atoms with van der Waals surface area (Å²) in [7, 11) is 0. The van der Waals surface area contributed by atoms with Crippen LogP contribution in [0.1, 0.15) is 12.5 Å². The van der Waals surface area contributed by atoms with Crippen LogP contribution in [0, 0.1) is 0 Å². The van der Waals surface area contributed by atoms with Gasteiger partial charge in [0.25, 0.3) is 0 Å². The first-order valence-corrected chi connectivity index (χ1v) is 7.37. The molecule has 0 radical (unpaired) electrons. The fourth-order valence-electron chi connectivity index (χ4n) is 2.02. The van der Waals surface area contributed by atoms with E-state index >= 15 is 0 Å². The highest BCUT2D eigenvalue weighted by Gasteiger charge is 2.20. The minimum atomic E-state index is 0.411. The first kappa shape index (κ1) is 13.0. The molecule has 1 aliphatic rings. The molecule has 0 aromatic heterocycles. The first-order chi connectivity index (χ1) is 8.08. The van der Waals surface area contributed by atoms with Crippen LogP contribution in [0.15, 0.2) is 18.2 Å². The van der Waals surface area contributed by atoms with E-state index in [0.717, 1.165) is 30.1 Å². The Balaban J connectivity index is 2.33. The van der Waals surface area contributed by atoms with Crippen molar-refractivity contribution < 1.29 is 0 Å². The minimum absolute atomic E-state index is 0.411. The lowest BCUT2D eigenvalue weighted by Gasteiger charge is -2.33. The van der Waals surface area contributed by atoms with Crippen LogP contribution >= 0.6 is 35.6 Å². The van der Waals surface area contributed by atoms with Gasteiger partial charge >= 0.3 is 0 Å². The lowest BCUT2D eigenvalue weighted by atomic mass is 10.1. The van der Waals surface area contributed by atoms with Gasteiger partial charge in [-0.25, -0.2) is 0 Å². The highest BCUT2D eigenvalue weighted by atomic mass is 35.5. The quantitative estimate of drug-likeness (QED) is 0.847. The average Bonchev–Trinajstić information content (AvgIpc) is 2.28. The van der Waals surface area contributed by atoms with E-state index in [2.05, 4.69) is 11.8 Å². The molecule has 2 N–H and O–H groups in total. The molecule has 0 saturated carbocycles. The predicted molar refractivity (Wildman–Crippen MR) is 81.5 cm³/mol. The van der Waals surface area contributed by atoms with Gasteiger partial charge in [-0.05, 0) is 18.2 Å². The summed E-state index contributed by atoms with van der Waals surface area (Å²) in [6, 6.07) is 5.76. The second kappa shape index (κ2) is 5.46. The number of thioether (sulfide) groups is 1. The Hall–Kier alpha value is -0.450. The molecule has 1 aromatic carbocycles. The highest BCUT2D eigenvalue weighted by molar-refractivity contribution is 8.00. The van der Waals surface area contributed by atoms with Crippen molar-refractivity contribution in [2.24, 2.45) is 5.73 Å². The van der Waals surface area contributed by atoms with E-state index < -0.39 is 0 Å². The molecule has 2 rings (SSSR count). The molecule has 0 spiro atoms. The maximum Gasteiger partial charge on any atom is 0.106 e. The number of anilines is 1. The molecule has 1 heterocycles. The molecule has 1 atom stereocenters. The number of rotatable bonds is 2. The molecular weight excluding hydrogens is 272 g/mol. The summed E-state index contributed by atoms with van der Waals surface area (Å²) in [6.07, 6.45) is 0. The molecule has 0 bridgehead atoms. The van der Waals surface area contributed by atoms with Crippen molar-refractivity contribution in [1.82, 2.24) is 0 Å². The van der Waals surface area contributed by atoms with Crippen LogP contribution in [0.4, 0.5) is 5.69 Å². The summed E-state index contributed by atoms with van der Waals surface area (Å²) in [4.78, 5) is 2.75. The predicted octanol–water partition coefficient (Wildman–Crippen LogP) is 2.92. The van der Waals surface area contributed by atoms with Gasteiger partial charge in [0.05, 0.1) is 0 Å². The summed E-state index contributed by atoms with van der Waals surface area (Å²) < 4.78 is 0. The number of nitrogens with zero attached hydrogens (tertiary/aromatic N) is 1. The molecule has 1 aromatic rings. The second-order valence-electron chi connectivity index (χ2n) is 4.15. The Morgan fingerprint density at radius 1 is 1.59 bits per heavy atom. The van der Waals surface area contributed by atoms with Crippen molar-refractivity contribution in [3.63, 3.8) is 0 Å². The SMILES string of the molecule is CC1CN(c2ccc(Cl)cc2C(N)=S)CCS1. The lowest BCUT2D eigenvalue weighted by molar-refractivity contribution is 0.782. The van der Waals surface area contributed by atoms with E-state index in [-0.39, 0.29) is 0 Å². The van der Waals surface area contributed by atoms with Gasteiger partial charge in [-0.15, -0.1) is 0 Å². The largest absolute Gasteiger partial charge is 0.389 e. The normalized spacial score (nSPS) is 20.4. The zero-order valence-electron chi connectivity index (χ0n) is 9.65. The smallest absolute Gasteiger partial charge is 0.106 e. The van der Waals surface area contributed by atoms with E-state index in [4.69, 9.17) is 29.6 Å². The van der Waals surface area contributed by atoms with E-state index in [1.807, 2.05) is 30.0 Å². The fourth-order valence-corrected chi connectivity index (χ4v) is 3.37. The van der Waals surface area contributed by atoms with Crippen LogP contribution < -0.4 is 10.6 Å². The molecular formula is C12H15ClN2S2. The topological polar surface area (TPSA) is 29.3 Å². The average molecular weight is 287 g/mol. The second-order valence-corrected chi connectivity index (χ2v) is 6.58. The summed E-state index contributed by atoms with van der Waals surface area (Å²) in [6.45, 7) is 4.31. The van der Waals surface area contributed by atoms with Gasteiger partial charge in [-0.2, -0.15) is 11.8 Å². The van der Waals surface area contributed by atoms with Crippen molar-refractivity contribution in [2.75, 3.05) is 23.7 Å². The van der Waals surface area contributed by atoms with E-state index in [0.29, 0.717) is 15.3 Å². The number of hydrogen-bond donors (Lipinski definition) is 1. The van der Waals surface area contributed by atoms with Gasteiger partial charge in [-0.3, -0.25) is 0 Å². The van der Waals surface area contributed by atoms with E-state index in [1.165, 1.54) is 0 Å². The number of benzene rings is 1. The number of nitrogens with two attached hydrogens (primary N) is 1. The number of hydrogen-bond acceptors (Lipinski definition) is 3. The third-order valence-corrected chi connectivity index (χ3v) is 4.40. The summed E-state index contributed by atoms with van der Waals surface area (Å²) in [5.74, 6) is 1.14. The molecule has 5 heteroatoms. The maximum absolute atomic E-state index is 5.99. The molecule has 17 heavy (non-hydrogen) atoms. The van der Waals surface area contributed by atoms with Gasteiger partial charge in [-0.1, -0.05) is 30.7 Å². The molecule has 1 unspecified atom stereocenters. The monoisotopic (exact) mass is 286 g/mol.